The van der Waals surface area contributed by atoms with Gasteiger partial charge in [0.15, 0.2) is 0 Å². The lowest BCUT2D eigenvalue weighted by Gasteiger charge is -2.30. The molecule has 0 radical (unpaired) electrons. The molecule has 1 aromatic rings. The normalized spacial score (nSPS) is 18.6. The predicted octanol–water partition coefficient (Wildman–Crippen LogP) is 3.09. The van der Waals surface area contributed by atoms with Crippen LogP contribution in [0, 0.1) is 11.8 Å². The first-order chi connectivity index (χ1) is 9.03. The van der Waals surface area contributed by atoms with Gasteiger partial charge in [-0.05, 0) is 55.7 Å². The van der Waals surface area contributed by atoms with Gasteiger partial charge in [-0.2, -0.15) is 0 Å². The minimum atomic E-state index is -0.307. The zero-order chi connectivity index (χ0) is 13.9. The average molecular weight is 261 g/mol. The van der Waals surface area contributed by atoms with Crippen molar-refractivity contribution in [2.75, 3.05) is 13.2 Å². The second-order valence-electron chi connectivity index (χ2n) is 6.61. The minimum Gasteiger partial charge on any atom is -0.394 e. The second kappa shape index (κ2) is 6.06. The fourth-order valence-corrected chi connectivity index (χ4v) is 2.42. The van der Waals surface area contributed by atoms with Gasteiger partial charge in [-0.1, -0.05) is 38.1 Å². The molecule has 0 saturated heterocycles. The van der Waals surface area contributed by atoms with Crippen LogP contribution in [0.3, 0.4) is 0 Å². The molecule has 1 unspecified atom stereocenters. The Bertz CT molecular complexity index is 394. The Balaban J connectivity index is 2.03. The molecule has 2 heteroatoms. The molecule has 106 valence electrons. The van der Waals surface area contributed by atoms with Gasteiger partial charge in [-0.25, -0.2) is 0 Å². The summed E-state index contributed by atoms with van der Waals surface area (Å²) in [5.41, 5.74) is 2.25. The van der Waals surface area contributed by atoms with Crippen LogP contribution >= 0.6 is 0 Å². The van der Waals surface area contributed by atoms with E-state index >= 15 is 0 Å². The number of hydrogen-bond donors (Lipinski definition) is 2. The van der Waals surface area contributed by atoms with E-state index in [9.17, 15) is 5.11 Å². The first-order valence-corrected chi connectivity index (χ1v) is 7.49. The molecule has 0 spiro atoms. The highest BCUT2D eigenvalue weighted by molar-refractivity contribution is 5.28. The van der Waals surface area contributed by atoms with Crippen molar-refractivity contribution in [1.82, 2.24) is 5.32 Å². The van der Waals surface area contributed by atoms with E-state index in [1.54, 1.807) is 0 Å². The molecule has 1 saturated carbocycles. The number of rotatable bonds is 7. The van der Waals surface area contributed by atoms with E-state index in [2.05, 4.69) is 50.4 Å². The van der Waals surface area contributed by atoms with E-state index in [-0.39, 0.29) is 12.1 Å². The van der Waals surface area contributed by atoms with E-state index in [0.29, 0.717) is 5.92 Å². The molecule has 1 fully saturated rings. The Morgan fingerprint density at radius 2 is 1.89 bits per heavy atom. The van der Waals surface area contributed by atoms with Gasteiger partial charge >= 0.3 is 0 Å². The second-order valence-corrected chi connectivity index (χ2v) is 6.61. The van der Waals surface area contributed by atoms with Crippen LogP contribution in [0.5, 0.6) is 0 Å². The zero-order valence-corrected chi connectivity index (χ0v) is 12.4. The minimum absolute atomic E-state index is 0.142. The molecule has 0 amide bonds. The van der Waals surface area contributed by atoms with Gasteiger partial charge in [0, 0.05) is 0 Å². The summed E-state index contributed by atoms with van der Waals surface area (Å²) in [6.45, 7) is 7.73. The Morgan fingerprint density at radius 3 is 2.37 bits per heavy atom. The largest absolute Gasteiger partial charge is 0.394 e. The van der Waals surface area contributed by atoms with Crippen LogP contribution in [0.1, 0.15) is 44.7 Å². The van der Waals surface area contributed by atoms with Crippen LogP contribution in [0.15, 0.2) is 24.3 Å². The topological polar surface area (TPSA) is 32.3 Å². The third-order valence-corrected chi connectivity index (χ3v) is 4.03. The van der Waals surface area contributed by atoms with Gasteiger partial charge in [0.1, 0.15) is 0 Å². The molecule has 2 N–H and O–H groups in total. The third-order valence-electron chi connectivity index (χ3n) is 4.03. The molecule has 1 aliphatic carbocycles. The molecule has 0 bridgehead atoms. The quantitative estimate of drug-likeness (QED) is 0.790. The summed E-state index contributed by atoms with van der Waals surface area (Å²) in [4.78, 5) is 0. The number of nitrogens with one attached hydrogen (secondary N) is 1. The van der Waals surface area contributed by atoms with Crippen molar-refractivity contribution in [3.63, 3.8) is 0 Å². The highest BCUT2D eigenvalue weighted by Gasteiger charge is 2.29. The summed E-state index contributed by atoms with van der Waals surface area (Å²) in [7, 11) is 0. The molecule has 0 aliphatic heterocycles. The maximum atomic E-state index is 9.72. The van der Waals surface area contributed by atoms with E-state index < -0.39 is 0 Å². The highest BCUT2D eigenvalue weighted by atomic mass is 16.3. The van der Waals surface area contributed by atoms with Gasteiger partial charge in [0.05, 0.1) is 12.1 Å². The van der Waals surface area contributed by atoms with Crippen LogP contribution < -0.4 is 5.32 Å². The molecule has 2 rings (SSSR count). The monoisotopic (exact) mass is 261 g/mol. The summed E-state index contributed by atoms with van der Waals surface area (Å²) in [5, 5.41) is 13.3. The molecular weight excluding hydrogens is 234 g/mol. The number of aliphatic hydroxyl groups excluding tert-OH is 1. The average Bonchev–Trinajstić information content (AvgIpc) is 3.20. The number of benzene rings is 1. The van der Waals surface area contributed by atoms with E-state index in [4.69, 9.17) is 0 Å². The van der Waals surface area contributed by atoms with Crippen molar-refractivity contribution in [2.24, 2.45) is 11.8 Å². The lowest BCUT2D eigenvalue weighted by Crippen LogP contribution is -2.43. The molecule has 1 atom stereocenters. The van der Waals surface area contributed by atoms with Crippen molar-refractivity contribution in [3.8, 4) is 0 Å². The fourth-order valence-electron chi connectivity index (χ4n) is 2.42. The summed E-state index contributed by atoms with van der Waals surface area (Å²) in [6.07, 6.45) is 3.79. The Hall–Kier alpha value is -0.860. The van der Waals surface area contributed by atoms with E-state index in [1.165, 1.54) is 24.0 Å². The van der Waals surface area contributed by atoms with Gasteiger partial charge in [-0.3, -0.25) is 0 Å². The first kappa shape index (κ1) is 14.5. The summed E-state index contributed by atoms with van der Waals surface area (Å²) >= 11 is 0. The molecule has 1 aromatic carbocycles. The maximum Gasteiger partial charge on any atom is 0.0652 e. The van der Waals surface area contributed by atoms with Crippen LogP contribution in [0.2, 0.25) is 0 Å². The molecule has 2 nitrogen and oxygen atoms in total. The van der Waals surface area contributed by atoms with Crippen LogP contribution in [-0.2, 0) is 12.0 Å². The Kier molecular flexibility index (Phi) is 4.64. The van der Waals surface area contributed by atoms with Crippen molar-refractivity contribution in [1.29, 1.82) is 0 Å². The van der Waals surface area contributed by atoms with Crippen LogP contribution in [-0.4, -0.2) is 18.3 Å². The van der Waals surface area contributed by atoms with Gasteiger partial charge in [0.2, 0.25) is 0 Å². The van der Waals surface area contributed by atoms with Gasteiger partial charge in [-0.15, -0.1) is 0 Å². The summed E-state index contributed by atoms with van der Waals surface area (Å²) in [6, 6.07) is 8.71. The zero-order valence-electron chi connectivity index (χ0n) is 12.4. The molecule has 1 aliphatic rings. The molecular formula is C17H27NO. The Morgan fingerprint density at radius 1 is 1.26 bits per heavy atom. The van der Waals surface area contributed by atoms with Gasteiger partial charge in [0.25, 0.3) is 0 Å². The lowest BCUT2D eigenvalue weighted by molar-refractivity contribution is 0.174. The SMILES string of the molecule is CC(C)Cc1ccc(C(C)(CO)NCC2CC2)cc1. The lowest BCUT2D eigenvalue weighted by atomic mass is 9.91. The predicted molar refractivity (Wildman–Crippen MR) is 80.1 cm³/mol. The number of aliphatic hydroxyl groups is 1. The van der Waals surface area contributed by atoms with E-state index in [1.807, 2.05) is 0 Å². The van der Waals surface area contributed by atoms with Crippen molar-refractivity contribution in [3.05, 3.63) is 35.4 Å². The highest BCUT2D eigenvalue weighted by Crippen LogP contribution is 2.30. The number of hydrogen-bond acceptors (Lipinski definition) is 2. The van der Waals surface area contributed by atoms with Crippen molar-refractivity contribution in [2.45, 2.75) is 45.6 Å². The molecule has 0 heterocycles. The molecule has 19 heavy (non-hydrogen) atoms. The van der Waals surface area contributed by atoms with Crippen LogP contribution in [0.4, 0.5) is 0 Å². The van der Waals surface area contributed by atoms with Crippen molar-refractivity contribution >= 4 is 0 Å². The fraction of sp³-hybridized carbons (Fsp3) is 0.647. The maximum absolute atomic E-state index is 9.72. The van der Waals surface area contributed by atoms with E-state index in [0.717, 1.165) is 18.9 Å². The summed E-state index contributed by atoms with van der Waals surface area (Å²) < 4.78 is 0. The first-order valence-electron chi connectivity index (χ1n) is 7.49. The Labute approximate surface area is 117 Å². The smallest absolute Gasteiger partial charge is 0.0652 e. The molecule has 0 aromatic heterocycles. The summed E-state index contributed by atoms with van der Waals surface area (Å²) in [5.74, 6) is 1.51. The standard InChI is InChI=1S/C17H27NO/c1-13(2)10-14-6-8-16(9-7-14)17(3,12-19)18-11-15-4-5-15/h6-9,13,15,18-19H,4-5,10-12H2,1-3H3. The van der Waals surface area contributed by atoms with Crippen LogP contribution in [0.25, 0.3) is 0 Å². The van der Waals surface area contributed by atoms with Crippen molar-refractivity contribution < 1.29 is 5.11 Å². The third kappa shape index (κ3) is 4.05. The van der Waals surface area contributed by atoms with Gasteiger partial charge < -0.3 is 10.4 Å².